The van der Waals surface area contributed by atoms with Crippen molar-refractivity contribution in [1.82, 2.24) is 10.6 Å². The Kier molecular flexibility index (Phi) is 6.81. The van der Waals surface area contributed by atoms with Crippen LogP contribution in [-0.2, 0) is 4.79 Å². The molecule has 3 rings (SSSR count). The quantitative estimate of drug-likeness (QED) is 0.260. The van der Waals surface area contributed by atoms with Crippen molar-refractivity contribution in [2.24, 2.45) is 11.5 Å². The van der Waals surface area contributed by atoms with Crippen LogP contribution in [0.15, 0.2) is 78.9 Å². The molecule has 0 aromatic heterocycles. The van der Waals surface area contributed by atoms with Gasteiger partial charge < -0.3 is 16.2 Å². The van der Waals surface area contributed by atoms with E-state index in [1.54, 1.807) is 60.7 Å². The summed E-state index contributed by atoms with van der Waals surface area (Å²) in [6.45, 7) is 0. The summed E-state index contributed by atoms with van der Waals surface area (Å²) in [7, 11) is 0. The molecule has 0 bridgehead atoms. The van der Waals surface area contributed by atoms with Crippen LogP contribution in [0.4, 0.5) is 0 Å². The average molecular weight is 430 g/mol. The molecule has 0 heterocycles. The minimum absolute atomic E-state index is 0.328. The highest BCUT2D eigenvalue weighted by Gasteiger charge is 2.24. The Balaban J connectivity index is 1.95. The molecule has 1 unspecified atom stereocenters. The summed E-state index contributed by atoms with van der Waals surface area (Å²) in [5.41, 5.74) is 12.9. The third kappa shape index (κ3) is 5.70. The lowest BCUT2D eigenvalue weighted by molar-refractivity contribution is -0.126. The molecule has 1 atom stereocenters. The van der Waals surface area contributed by atoms with Crippen LogP contribution in [0, 0.1) is 10.8 Å². The highest BCUT2D eigenvalue weighted by Crippen LogP contribution is 2.27. The van der Waals surface area contributed by atoms with Crippen molar-refractivity contribution in [3.63, 3.8) is 0 Å². The van der Waals surface area contributed by atoms with Crippen LogP contribution in [0.5, 0.6) is 5.75 Å². The normalized spacial score (nSPS) is 11.1. The van der Waals surface area contributed by atoms with Gasteiger partial charge in [-0.2, -0.15) is 0 Å². The van der Waals surface area contributed by atoms with Crippen LogP contribution in [0.2, 0.25) is 0 Å². The summed E-state index contributed by atoms with van der Waals surface area (Å²) in [5.74, 6) is -1.55. The molecule has 0 aliphatic rings. The van der Waals surface area contributed by atoms with Gasteiger partial charge in [-0.15, -0.1) is 0 Å². The predicted octanol–water partition coefficient (Wildman–Crippen LogP) is 2.11. The molecule has 0 fully saturated rings. The number of hydrogen-bond donors (Lipinski definition) is 6. The highest BCUT2D eigenvalue weighted by molar-refractivity contribution is 6.05. The van der Waals surface area contributed by atoms with Crippen molar-refractivity contribution < 1.29 is 14.3 Å². The zero-order valence-electron chi connectivity index (χ0n) is 17.0. The summed E-state index contributed by atoms with van der Waals surface area (Å²) in [5, 5.41) is 19.1. The number of ether oxygens (including phenoxy) is 1. The number of nitrogens with two attached hydrogens (primary N) is 2. The molecule has 0 radical (unpaired) electrons. The molecule has 0 spiro atoms. The van der Waals surface area contributed by atoms with Crippen molar-refractivity contribution in [3.05, 3.63) is 90.0 Å². The van der Waals surface area contributed by atoms with E-state index in [0.29, 0.717) is 22.4 Å². The van der Waals surface area contributed by atoms with E-state index in [4.69, 9.17) is 27.0 Å². The monoisotopic (exact) mass is 430 g/mol. The Morgan fingerprint density at radius 3 is 2.06 bits per heavy atom. The largest absolute Gasteiger partial charge is 0.476 e. The molecule has 0 aliphatic carbocycles. The molecule has 3 aromatic carbocycles. The molecule has 0 saturated heterocycles. The number of guanidine groups is 2. The smallest absolute Gasteiger partial charge is 0.272 e. The molecule has 8 N–H and O–H groups in total. The molecule has 0 aliphatic heterocycles. The van der Waals surface area contributed by atoms with Gasteiger partial charge in [-0.25, -0.2) is 0 Å². The van der Waals surface area contributed by atoms with Gasteiger partial charge in [0.15, 0.2) is 11.9 Å². The highest BCUT2D eigenvalue weighted by atomic mass is 16.5. The minimum atomic E-state index is -1.06. The molecule has 32 heavy (non-hydrogen) atoms. The van der Waals surface area contributed by atoms with Gasteiger partial charge in [0.25, 0.3) is 11.8 Å². The first-order valence-electron chi connectivity index (χ1n) is 9.56. The summed E-state index contributed by atoms with van der Waals surface area (Å²) in [6.07, 6.45) is -1.06. The van der Waals surface area contributed by atoms with Crippen molar-refractivity contribution in [3.8, 4) is 16.9 Å². The van der Waals surface area contributed by atoms with Crippen LogP contribution in [0.3, 0.4) is 0 Å². The van der Waals surface area contributed by atoms with Crippen molar-refractivity contribution >= 4 is 23.7 Å². The lowest BCUT2D eigenvalue weighted by atomic mass is 9.98. The van der Waals surface area contributed by atoms with Gasteiger partial charge in [-0.1, -0.05) is 48.5 Å². The fraction of sp³-hybridized carbons (Fsp3) is 0.0435. The molecule has 2 amide bonds. The van der Waals surface area contributed by atoms with Crippen LogP contribution in [-0.4, -0.2) is 23.7 Å². The van der Waals surface area contributed by atoms with E-state index in [2.05, 4.69) is 10.6 Å². The maximum Gasteiger partial charge on any atom is 0.272 e. The first kappa shape index (κ1) is 22.0. The van der Waals surface area contributed by atoms with Gasteiger partial charge in [-0.05, 0) is 41.5 Å². The maximum absolute atomic E-state index is 12.7. The zero-order valence-corrected chi connectivity index (χ0v) is 17.0. The van der Waals surface area contributed by atoms with E-state index in [0.717, 1.165) is 5.56 Å². The maximum atomic E-state index is 12.7. The second-order valence-corrected chi connectivity index (χ2v) is 6.79. The van der Waals surface area contributed by atoms with E-state index in [1.165, 1.54) is 0 Å². The SMILES string of the molecule is N=C(N)NC(=O)c1cccc(-c2cccc(C(Oc3ccccc3)C(=O)NC(=N)N)c2)c1. The predicted molar refractivity (Wildman–Crippen MR) is 121 cm³/mol. The topological polar surface area (TPSA) is 167 Å². The average Bonchev–Trinajstić information content (AvgIpc) is 2.77. The van der Waals surface area contributed by atoms with Crippen LogP contribution >= 0.6 is 0 Å². The lowest BCUT2D eigenvalue weighted by Gasteiger charge is -2.19. The summed E-state index contributed by atoms with van der Waals surface area (Å²) >= 11 is 0. The van der Waals surface area contributed by atoms with Gasteiger partial charge in [0.1, 0.15) is 5.75 Å². The van der Waals surface area contributed by atoms with Gasteiger partial charge in [0.2, 0.25) is 6.10 Å². The molecule has 162 valence electrons. The van der Waals surface area contributed by atoms with Crippen LogP contribution in [0.25, 0.3) is 11.1 Å². The Labute approximate surface area is 184 Å². The van der Waals surface area contributed by atoms with Crippen molar-refractivity contribution in [1.29, 1.82) is 10.8 Å². The fourth-order valence-corrected chi connectivity index (χ4v) is 3.02. The third-order valence-corrected chi connectivity index (χ3v) is 4.39. The molecule has 3 aromatic rings. The first-order valence-corrected chi connectivity index (χ1v) is 9.56. The second kappa shape index (κ2) is 9.90. The van der Waals surface area contributed by atoms with Crippen molar-refractivity contribution in [2.45, 2.75) is 6.10 Å². The van der Waals surface area contributed by atoms with E-state index < -0.39 is 29.8 Å². The standard InChI is InChI=1S/C23H22N6O3/c24-22(25)28-20(30)17-9-5-7-15(13-17)14-6-4-8-16(12-14)19(21(31)29-23(26)27)32-18-10-2-1-3-11-18/h1-13,19H,(H4,24,25,28,30)(H4,26,27,29,31). The third-order valence-electron chi connectivity index (χ3n) is 4.39. The Morgan fingerprint density at radius 1 is 0.781 bits per heavy atom. The number of para-hydroxylation sites is 1. The molecule has 9 nitrogen and oxygen atoms in total. The molecular weight excluding hydrogens is 408 g/mol. The van der Waals surface area contributed by atoms with Gasteiger partial charge >= 0.3 is 0 Å². The van der Waals surface area contributed by atoms with Crippen LogP contribution < -0.4 is 26.8 Å². The number of rotatable bonds is 6. The second-order valence-electron chi connectivity index (χ2n) is 6.79. The number of hydrogen-bond acceptors (Lipinski definition) is 5. The van der Waals surface area contributed by atoms with E-state index >= 15 is 0 Å². The molecule has 0 saturated carbocycles. The Bertz CT molecular complexity index is 1160. The minimum Gasteiger partial charge on any atom is -0.476 e. The summed E-state index contributed by atoms with van der Waals surface area (Å²) < 4.78 is 5.89. The van der Waals surface area contributed by atoms with E-state index in [-0.39, 0.29) is 0 Å². The molecule has 9 heteroatoms. The first-order chi connectivity index (χ1) is 15.3. The lowest BCUT2D eigenvalue weighted by Crippen LogP contribution is -2.40. The molecular formula is C23H22N6O3. The summed E-state index contributed by atoms with van der Waals surface area (Å²) in [4.78, 5) is 24.9. The van der Waals surface area contributed by atoms with Crippen molar-refractivity contribution in [2.75, 3.05) is 0 Å². The number of carbonyl (C=O) groups excluding carboxylic acids is 2. The van der Waals surface area contributed by atoms with Crippen LogP contribution in [0.1, 0.15) is 22.0 Å². The van der Waals surface area contributed by atoms with Gasteiger partial charge in [0, 0.05) is 11.1 Å². The van der Waals surface area contributed by atoms with Gasteiger partial charge in [-0.3, -0.25) is 31.0 Å². The zero-order chi connectivity index (χ0) is 23.1. The number of nitrogens with one attached hydrogen (secondary N) is 4. The van der Waals surface area contributed by atoms with Gasteiger partial charge in [0.05, 0.1) is 0 Å². The summed E-state index contributed by atoms with van der Waals surface area (Å²) in [6, 6.07) is 22.7. The number of benzene rings is 3. The fourth-order valence-electron chi connectivity index (χ4n) is 3.02. The Morgan fingerprint density at radius 2 is 1.41 bits per heavy atom. The van der Waals surface area contributed by atoms with E-state index in [1.807, 2.05) is 18.2 Å². The number of carbonyl (C=O) groups is 2. The number of amides is 2. The van der Waals surface area contributed by atoms with E-state index in [9.17, 15) is 9.59 Å². The Hall–Kier alpha value is -4.66.